The molecule has 0 spiro atoms. The molecular weight excluding hydrogens is 405 g/mol. The number of nitrogens with zero attached hydrogens (tertiary/aromatic N) is 3. The molecule has 5 nitrogen and oxygen atoms in total. The van der Waals surface area contributed by atoms with Gasteiger partial charge in [-0.25, -0.2) is 13.2 Å². The lowest BCUT2D eigenvalue weighted by Gasteiger charge is -2.27. The third-order valence-corrected chi connectivity index (χ3v) is 6.88. The van der Waals surface area contributed by atoms with Gasteiger partial charge in [0.05, 0.1) is 12.3 Å². The second-order valence-corrected chi connectivity index (χ2v) is 9.19. The van der Waals surface area contributed by atoms with Crippen molar-refractivity contribution in [3.8, 4) is 11.3 Å². The van der Waals surface area contributed by atoms with Crippen LogP contribution in [0.1, 0.15) is 25.7 Å². The molecule has 2 aliphatic heterocycles. The summed E-state index contributed by atoms with van der Waals surface area (Å²) in [4.78, 5) is 2.60. The Morgan fingerprint density at radius 3 is 2.55 bits per heavy atom. The van der Waals surface area contributed by atoms with E-state index in [0.29, 0.717) is 35.7 Å². The Kier molecular flexibility index (Phi) is 5.84. The predicted octanol–water partition coefficient (Wildman–Crippen LogP) is 4.11. The molecule has 2 saturated heterocycles. The van der Waals surface area contributed by atoms with Crippen LogP contribution in [0.4, 0.5) is 19.0 Å². The van der Waals surface area contributed by atoms with E-state index in [1.807, 2.05) is 0 Å². The van der Waals surface area contributed by atoms with Crippen LogP contribution in [0.3, 0.4) is 0 Å². The van der Waals surface area contributed by atoms with Crippen LogP contribution in [0, 0.1) is 35.2 Å². The Hall–Kier alpha value is -2.19. The molecule has 0 amide bonds. The number of hydrogen-bond donors (Lipinski definition) is 1. The maximum Gasteiger partial charge on any atom is 0.168 e. The Morgan fingerprint density at radius 1 is 1.06 bits per heavy atom. The van der Waals surface area contributed by atoms with Crippen molar-refractivity contribution < 1.29 is 17.9 Å². The van der Waals surface area contributed by atoms with Gasteiger partial charge in [0.1, 0.15) is 11.6 Å². The molecule has 3 heterocycles. The van der Waals surface area contributed by atoms with Gasteiger partial charge in [0.25, 0.3) is 0 Å². The molecule has 2 aromatic rings. The van der Waals surface area contributed by atoms with Crippen molar-refractivity contribution in [2.24, 2.45) is 17.8 Å². The number of hydrogen-bond acceptors (Lipinski definition) is 5. The van der Waals surface area contributed by atoms with Gasteiger partial charge in [-0.1, -0.05) is 0 Å². The molecular formula is C23H27F3N4O. The smallest absolute Gasteiger partial charge is 0.168 e. The van der Waals surface area contributed by atoms with Crippen molar-refractivity contribution in [3.05, 3.63) is 41.7 Å². The number of fused-ring (bicyclic) bond motifs is 1. The average molecular weight is 432 g/mol. The fraction of sp³-hybridized carbons (Fsp3) is 0.565. The first kappa shape index (κ1) is 20.7. The number of nitrogens with one attached hydrogen (secondary N) is 1. The summed E-state index contributed by atoms with van der Waals surface area (Å²) in [5.41, 5.74) is -0.123. The first-order valence-electron chi connectivity index (χ1n) is 11.1. The maximum atomic E-state index is 14.0. The molecule has 1 saturated carbocycles. The quantitative estimate of drug-likeness (QED) is 0.721. The van der Waals surface area contributed by atoms with Crippen molar-refractivity contribution in [1.29, 1.82) is 0 Å². The minimum atomic E-state index is -1.23. The molecule has 1 unspecified atom stereocenters. The molecule has 31 heavy (non-hydrogen) atoms. The van der Waals surface area contributed by atoms with Crippen molar-refractivity contribution in [1.82, 2.24) is 15.1 Å². The highest BCUT2D eigenvalue weighted by Crippen LogP contribution is 2.39. The van der Waals surface area contributed by atoms with E-state index in [1.54, 1.807) is 6.07 Å². The van der Waals surface area contributed by atoms with Crippen LogP contribution in [0.2, 0.25) is 0 Å². The van der Waals surface area contributed by atoms with Gasteiger partial charge in [-0.2, -0.15) is 0 Å². The zero-order valence-corrected chi connectivity index (χ0v) is 17.4. The summed E-state index contributed by atoms with van der Waals surface area (Å²) in [6.07, 6.45) is 4.64. The van der Waals surface area contributed by atoms with Crippen molar-refractivity contribution in [2.45, 2.75) is 31.7 Å². The van der Waals surface area contributed by atoms with Crippen molar-refractivity contribution >= 4 is 5.82 Å². The van der Waals surface area contributed by atoms with Gasteiger partial charge in [0.15, 0.2) is 11.6 Å². The Morgan fingerprint density at radius 2 is 1.87 bits per heavy atom. The number of halogens is 3. The van der Waals surface area contributed by atoms with Gasteiger partial charge in [-0.15, -0.1) is 10.2 Å². The van der Waals surface area contributed by atoms with Gasteiger partial charge in [-0.05, 0) is 61.6 Å². The first-order valence-corrected chi connectivity index (χ1v) is 11.1. The number of likely N-dealkylation sites (tertiary alicyclic amines) is 1. The normalized spacial score (nSPS) is 28.6. The Labute approximate surface area is 180 Å². The Bertz CT molecular complexity index is 906. The predicted molar refractivity (Wildman–Crippen MR) is 111 cm³/mol. The fourth-order valence-electron chi connectivity index (χ4n) is 5.48. The molecule has 1 aromatic heterocycles. The maximum absolute atomic E-state index is 14.0. The molecule has 1 aromatic carbocycles. The van der Waals surface area contributed by atoms with Gasteiger partial charge in [-0.3, -0.25) is 0 Å². The van der Waals surface area contributed by atoms with Crippen LogP contribution in [0.25, 0.3) is 11.3 Å². The van der Waals surface area contributed by atoms with E-state index in [-0.39, 0.29) is 11.3 Å². The van der Waals surface area contributed by atoms with Crippen molar-refractivity contribution in [3.63, 3.8) is 0 Å². The lowest BCUT2D eigenvalue weighted by Crippen LogP contribution is -2.33. The summed E-state index contributed by atoms with van der Waals surface area (Å²) in [5, 5.41) is 11.5. The molecule has 0 radical (unpaired) electrons. The summed E-state index contributed by atoms with van der Waals surface area (Å²) < 4.78 is 46.5. The number of aromatic nitrogens is 2. The second-order valence-electron chi connectivity index (χ2n) is 9.19. The largest absolute Gasteiger partial charge is 0.381 e. The molecule has 8 heteroatoms. The standard InChI is InChI=1S/C23H27F3N4O/c24-17-8-19(23(26)20(25)9-17)21-3-4-22(29-28-21)27-18-6-15-11-30(12-16(15)7-18)10-14-2-1-5-31-13-14/h3-4,8-9,14-16,18H,1-2,5-7,10-13H2,(H,27,29)/t14?,15-,16+,18+. The fourth-order valence-corrected chi connectivity index (χ4v) is 5.48. The molecule has 3 aliphatic rings. The molecule has 3 fully saturated rings. The van der Waals surface area contributed by atoms with Gasteiger partial charge in [0, 0.05) is 43.9 Å². The second kappa shape index (κ2) is 8.74. The lowest BCUT2D eigenvalue weighted by atomic mass is 10.0. The summed E-state index contributed by atoms with van der Waals surface area (Å²) >= 11 is 0. The zero-order chi connectivity index (χ0) is 21.4. The summed E-state index contributed by atoms with van der Waals surface area (Å²) in [5.74, 6) is -0.544. The number of ether oxygens (including phenoxy) is 1. The monoisotopic (exact) mass is 432 g/mol. The van der Waals surface area contributed by atoms with Gasteiger partial charge < -0.3 is 15.0 Å². The van der Waals surface area contributed by atoms with Crippen LogP contribution >= 0.6 is 0 Å². The SMILES string of the molecule is Fc1cc(F)c(F)c(-c2ccc(N[C@H]3C[C@@H]4CN(CC5CCCOC5)C[C@@H]4C3)nn2)c1. The Balaban J connectivity index is 1.16. The minimum absolute atomic E-state index is 0.104. The topological polar surface area (TPSA) is 50.3 Å². The number of rotatable bonds is 5. The van der Waals surface area contributed by atoms with Crippen LogP contribution in [0.15, 0.2) is 24.3 Å². The van der Waals surface area contributed by atoms with Crippen molar-refractivity contribution in [2.75, 3.05) is 38.2 Å². The summed E-state index contributed by atoms with van der Waals surface area (Å²) in [6.45, 7) is 5.25. The van der Waals surface area contributed by atoms with E-state index in [2.05, 4.69) is 20.4 Å². The van der Waals surface area contributed by atoms with E-state index in [0.717, 1.165) is 51.8 Å². The van der Waals surface area contributed by atoms with E-state index in [1.165, 1.54) is 18.9 Å². The molecule has 1 aliphatic carbocycles. The lowest BCUT2D eigenvalue weighted by molar-refractivity contribution is 0.0407. The molecule has 1 N–H and O–H groups in total. The van der Waals surface area contributed by atoms with Crippen LogP contribution < -0.4 is 5.32 Å². The summed E-state index contributed by atoms with van der Waals surface area (Å²) in [6, 6.07) is 5.01. The van der Waals surface area contributed by atoms with Crippen LogP contribution in [0.5, 0.6) is 0 Å². The molecule has 5 rings (SSSR count). The highest BCUT2D eigenvalue weighted by molar-refractivity contribution is 5.60. The van der Waals surface area contributed by atoms with E-state index < -0.39 is 17.5 Å². The van der Waals surface area contributed by atoms with E-state index in [4.69, 9.17) is 4.74 Å². The van der Waals surface area contributed by atoms with Gasteiger partial charge in [0.2, 0.25) is 0 Å². The number of benzene rings is 1. The van der Waals surface area contributed by atoms with Crippen LogP contribution in [-0.2, 0) is 4.74 Å². The first-order chi connectivity index (χ1) is 15.0. The van der Waals surface area contributed by atoms with Gasteiger partial charge >= 0.3 is 0 Å². The average Bonchev–Trinajstić information content (AvgIpc) is 3.30. The molecule has 166 valence electrons. The third-order valence-electron chi connectivity index (χ3n) is 6.88. The minimum Gasteiger partial charge on any atom is -0.381 e. The highest BCUT2D eigenvalue weighted by Gasteiger charge is 2.41. The van der Waals surface area contributed by atoms with E-state index >= 15 is 0 Å². The van der Waals surface area contributed by atoms with E-state index in [9.17, 15) is 13.2 Å². The van der Waals surface area contributed by atoms with Crippen LogP contribution in [-0.4, -0.2) is 54.0 Å². The molecule has 4 atom stereocenters. The highest BCUT2D eigenvalue weighted by atomic mass is 19.2. The third kappa shape index (κ3) is 4.55. The zero-order valence-electron chi connectivity index (χ0n) is 17.4. The summed E-state index contributed by atoms with van der Waals surface area (Å²) in [7, 11) is 0. The molecule has 0 bridgehead atoms. The number of anilines is 1.